The lowest BCUT2D eigenvalue weighted by Gasteiger charge is -2.37. The van der Waals surface area contributed by atoms with E-state index in [1.54, 1.807) is 14.2 Å². The summed E-state index contributed by atoms with van der Waals surface area (Å²) in [5.74, 6) is 0. The van der Waals surface area contributed by atoms with Gasteiger partial charge in [-0.25, -0.2) is 0 Å². The summed E-state index contributed by atoms with van der Waals surface area (Å²) in [6.45, 7) is 11.4. The van der Waals surface area contributed by atoms with Gasteiger partial charge in [0.25, 0.3) is 0 Å². The summed E-state index contributed by atoms with van der Waals surface area (Å²) in [5.41, 5.74) is 0. The molecule has 0 heterocycles. The first kappa shape index (κ1) is 19.8. The molecule has 0 fully saturated rings. The van der Waals surface area contributed by atoms with Crippen LogP contribution in [0.4, 0.5) is 0 Å². The van der Waals surface area contributed by atoms with E-state index in [2.05, 4.69) is 31.0 Å². The van der Waals surface area contributed by atoms with Gasteiger partial charge >= 0.3 is 0 Å². The van der Waals surface area contributed by atoms with Crippen LogP contribution in [-0.4, -0.2) is 64.1 Å². The van der Waals surface area contributed by atoms with Crippen molar-refractivity contribution in [3.8, 4) is 0 Å². The summed E-state index contributed by atoms with van der Waals surface area (Å²) in [6, 6.07) is 1.13. The Morgan fingerprint density at radius 1 is 0.950 bits per heavy atom. The van der Waals surface area contributed by atoms with E-state index in [-0.39, 0.29) is 0 Å². The molecule has 0 spiro atoms. The molecule has 0 aromatic rings. The SMILES string of the molecule is CCCNC(CCC)C(CC)N(CCOC)CCOC. The van der Waals surface area contributed by atoms with Crippen LogP contribution >= 0.6 is 0 Å². The molecule has 1 N–H and O–H groups in total. The molecule has 2 unspecified atom stereocenters. The van der Waals surface area contributed by atoms with Gasteiger partial charge in [-0.1, -0.05) is 27.2 Å². The van der Waals surface area contributed by atoms with Crippen molar-refractivity contribution in [1.82, 2.24) is 10.2 Å². The molecule has 4 nitrogen and oxygen atoms in total. The fourth-order valence-corrected chi connectivity index (χ4v) is 2.73. The number of nitrogens with zero attached hydrogens (tertiary/aromatic N) is 1. The van der Waals surface area contributed by atoms with Gasteiger partial charge in [-0.05, 0) is 25.8 Å². The van der Waals surface area contributed by atoms with Gasteiger partial charge in [0.2, 0.25) is 0 Å². The van der Waals surface area contributed by atoms with Crippen molar-refractivity contribution >= 4 is 0 Å². The van der Waals surface area contributed by atoms with Crippen molar-refractivity contribution in [2.24, 2.45) is 0 Å². The van der Waals surface area contributed by atoms with E-state index in [9.17, 15) is 0 Å². The van der Waals surface area contributed by atoms with E-state index in [0.717, 1.165) is 39.3 Å². The Labute approximate surface area is 126 Å². The Morgan fingerprint density at radius 3 is 1.95 bits per heavy atom. The van der Waals surface area contributed by atoms with E-state index < -0.39 is 0 Å². The van der Waals surface area contributed by atoms with E-state index in [1.165, 1.54) is 19.3 Å². The highest BCUT2D eigenvalue weighted by molar-refractivity contribution is 4.83. The highest BCUT2D eigenvalue weighted by Crippen LogP contribution is 2.14. The van der Waals surface area contributed by atoms with Crippen LogP contribution in [0.2, 0.25) is 0 Å². The molecule has 0 aromatic carbocycles. The van der Waals surface area contributed by atoms with E-state index in [4.69, 9.17) is 9.47 Å². The lowest BCUT2D eigenvalue weighted by molar-refractivity contribution is 0.0699. The molecule has 122 valence electrons. The molecule has 2 atom stereocenters. The van der Waals surface area contributed by atoms with Gasteiger partial charge in [0.1, 0.15) is 0 Å². The van der Waals surface area contributed by atoms with Gasteiger partial charge in [0, 0.05) is 39.4 Å². The van der Waals surface area contributed by atoms with Crippen LogP contribution in [0.15, 0.2) is 0 Å². The Kier molecular flexibility index (Phi) is 13.7. The Balaban J connectivity index is 4.67. The second kappa shape index (κ2) is 13.8. The van der Waals surface area contributed by atoms with Crippen LogP contribution in [0, 0.1) is 0 Å². The molecule has 0 saturated carbocycles. The third-order valence-electron chi connectivity index (χ3n) is 3.77. The van der Waals surface area contributed by atoms with Crippen LogP contribution in [-0.2, 0) is 9.47 Å². The maximum atomic E-state index is 5.26. The fourth-order valence-electron chi connectivity index (χ4n) is 2.73. The molecule has 0 aliphatic heterocycles. The van der Waals surface area contributed by atoms with Crippen LogP contribution in [0.5, 0.6) is 0 Å². The summed E-state index contributed by atoms with van der Waals surface area (Å²) < 4.78 is 10.5. The first-order valence-corrected chi connectivity index (χ1v) is 8.20. The smallest absolute Gasteiger partial charge is 0.0589 e. The molecular weight excluding hydrogens is 252 g/mol. The quantitative estimate of drug-likeness (QED) is 0.532. The monoisotopic (exact) mass is 288 g/mol. The molecule has 0 saturated heterocycles. The zero-order chi connectivity index (χ0) is 15.2. The average Bonchev–Trinajstić information content (AvgIpc) is 2.47. The van der Waals surface area contributed by atoms with Gasteiger partial charge in [0.15, 0.2) is 0 Å². The fraction of sp³-hybridized carbons (Fsp3) is 1.00. The minimum absolute atomic E-state index is 0.562. The molecule has 20 heavy (non-hydrogen) atoms. The topological polar surface area (TPSA) is 33.7 Å². The molecule has 0 bridgehead atoms. The highest BCUT2D eigenvalue weighted by Gasteiger charge is 2.24. The third-order valence-corrected chi connectivity index (χ3v) is 3.77. The van der Waals surface area contributed by atoms with Gasteiger partial charge in [-0.3, -0.25) is 4.90 Å². The number of nitrogens with one attached hydrogen (secondary N) is 1. The maximum absolute atomic E-state index is 5.26. The van der Waals surface area contributed by atoms with E-state index >= 15 is 0 Å². The molecule has 0 rings (SSSR count). The van der Waals surface area contributed by atoms with E-state index in [1.807, 2.05) is 0 Å². The van der Waals surface area contributed by atoms with Crippen LogP contribution < -0.4 is 5.32 Å². The standard InChI is InChI=1S/C16H36N2O2/c1-6-9-15(17-10-7-2)16(8-3)18(11-13-19-4)12-14-20-5/h15-17H,6-14H2,1-5H3. The number of rotatable bonds is 14. The number of hydrogen-bond acceptors (Lipinski definition) is 4. The van der Waals surface area contributed by atoms with Crippen LogP contribution in [0.1, 0.15) is 46.5 Å². The summed E-state index contributed by atoms with van der Waals surface area (Å²) in [5, 5.41) is 3.73. The van der Waals surface area contributed by atoms with E-state index in [0.29, 0.717) is 12.1 Å². The van der Waals surface area contributed by atoms with Crippen molar-refractivity contribution < 1.29 is 9.47 Å². The third kappa shape index (κ3) is 8.20. The van der Waals surface area contributed by atoms with Gasteiger partial charge in [-0.15, -0.1) is 0 Å². The molecule has 4 heteroatoms. The molecule has 0 aliphatic rings. The average molecular weight is 288 g/mol. The highest BCUT2D eigenvalue weighted by atomic mass is 16.5. The lowest BCUT2D eigenvalue weighted by atomic mass is 9.98. The number of ether oxygens (including phenoxy) is 2. The van der Waals surface area contributed by atoms with Crippen molar-refractivity contribution in [3.05, 3.63) is 0 Å². The Bertz CT molecular complexity index is 195. The Hall–Kier alpha value is -0.160. The first-order chi connectivity index (χ1) is 9.74. The summed E-state index contributed by atoms with van der Waals surface area (Å²) in [6.07, 6.45) is 4.80. The molecule has 0 radical (unpaired) electrons. The number of methoxy groups -OCH3 is 2. The van der Waals surface area contributed by atoms with Gasteiger partial charge in [0.05, 0.1) is 13.2 Å². The minimum Gasteiger partial charge on any atom is -0.383 e. The lowest BCUT2D eigenvalue weighted by Crippen LogP contribution is -2.51. The maximum Gasteiger partial charge on any atom is 0.0589 e. The minimum atomic E-state index is 0.562. The summed E-state index contributed by atoms with van der Waals surface area (Å²) >= 11 is 0. The Morgan fingerprint density at radius 2 is 1.55 bits per heavy atom. The predicted octanol–water partition coefficient (Wildman–Crippen LogP) is 2.53. The molecule has 0 aliphatic carbocycles. The van der Waals surface area contributed by atoms with Crippen molar-refractivity contribution in [2.45, 2.75) is 58.5 Å². The molecule has 0 aromatic heterocycles. The molecule has 0 amide bonds. The van der Waals surface area contributed by atoms with Crippen molar-refractivity contribution in [2.75, 3.05) is 47.1 Å². The zero-order valence-corrected chi connectivity index (χ0v) is 14.3. The normalized spacial score (nSPS) is 14.7. The van der Waals surface area contributed by atoms with Crippen molar-refractivity contribution in [1.29, 1.82) is 0 Å². The summed E-state index contributed by atoms with van der Waals surface area (Å²) in [7, 11) is 3.54. The second-order valence-corrected chi connectivity index (χ2v) is 5.35. The largest absolute Gasteiger partial charge is 0.383 e. The van der Waals surface area contributed by atoms with Crippen LogP contribution in [0.25, 0.3) is 0 Å². The zero-order valence-electron chi connectivity index (χ0n) is 14.3. The van der Waals surface area contributed by atoms with Gasteiger partial charge in [-0.2, -0.15) is 0 Å². The molecular formula is C16H36N2O2. The van der Waals surface area contributed by atoms with Crippen molar-refractivity contribution in [3.63, 3.8) is 0 Å². The predicted molar refractivity (Wildman–Crippen MR) is 86.4 cm³/mol. The van der Waals surface area contributed by atoms with Crippen LogP contribution in [0.3, 0.4) is 0 Å². The second-order valence-electron chi connectivity index (χ2n) is 5.35. The number of hydrogen-bond donors (Lipinski definition) is 1. The summed E-state index contributed by atoms with van der Waals surface area (Å²) in [4.78, 5) is 2.52. The first-order valence-electron chi connectivity index (χ1n) is 8.20. The van der Waals surface area contributed by atoms with Gasteiger partial charge < -0.3 is 14.8 Å².